The average molecular weight is 346 g/mol. The number of ether oxygens (including phenoxy) is 1. The van der Waals surface area contributed by atoms with Crippen LogP contribution in [-0.2, 0) is 4.74 Å². The third-order valence-corrected chi connectivity index (χ3v) is 4.85. The number of rotatable bonds is 2. The van der Waals surface area contributed by atoms with Crippen LogP contribution in [0, 0.1) is 0 Å². The zero-order valence-corrected chi connectivity index (χ0v) is 13.7. The minimum atomic E-state index is -1.66. The van der Waals surface area contributed by atoms with Gasteiger partial charge in [-0.15, -0.1) is 0 Å². The van der Waals surface area contributed by atoms with Gasteiger partial charge in [0.2, 0.25) is 0 Å². The molecular weight excluding hydrogens is 324 g/mol. The molecule has 0 radical (unpaired) electrons. The Kier molecular flexibility index (Phi) is 3.23. The van der Waals surface area contributed by atoms with Crippen LogP contribution >= 0.6 is 0 Å². The van der Waals surface area contributed by atoms with Gasteiger partial charge >= 0.3 is 0 Å². The zero-order valence-electron chi connectivity index (χ0n) is 14.7. The number of aliphatic hydroxyl groups excluding tert-OH is 2. The fourth-order valence-corrected chi connectivity index (χ4v) is 3.53. The Labute approximate surface area is 145 Å². The van der Waals surface area contributed by atoms with E-state index >= 15 is 0 Å². The highest BCUT2D eigenvalue weighted by Gasteiger charge is 2.53. The highest BCUT2D eigenvalue weighted by atomic mass is 16.6. The SMILES string of the molecule is [3H]c1nc2c3c(cn([C@@H]4O[C@H](CO)[C@@H](O)[C@]4(C)O)c3n1)C(=C)CC(=C)N2. The summed E-state index contributed by atoms with van der Waals surface area (Å²) in [5.41, 5.74) is 0.948. The summed E-state index contributed by atoms with van der Waals surface area (Å²) in [7, 11) is 0. The van der Waals surface area contributed by atoms with Gasteiger partial charge in [0.15, 0.2) is 6.23 Å². The molecule has 8 nitrogen and oxygen atoms in total. The van der Waals surface area contributed by atoms with E-state index in [0.717, 1.165) is 11.1 Å². The second-order valence-corrected chi connectivity index (χ2v) is 6.71. The quantitative estimate of drug-likeness (QED) is 0.635. The van der Waals surface area contributed by atoms with Crippen molar-refractivity contribution in [2.45, 2.75) is 37.4 Å². The van der Waals surface area contributed by atoms with Crippen molar-refractivity contribution in [2.24, 2.45) is 0 Å². The average Bonchev–Trinajstić information content (AvgIpc) is 2.99. The van der Waals surface area contributed by atoms with E-state index in [1.54, 1.807) is 10.8 Å². The first-order chi connectivity index (χ1) is 12.2. The summed E-state index contributed by atoms with van der Waals surface area (Å²) in [6, 6.07) is 0. The lowest BCUT2D eigenvalue weighted by Gasteiger charge is -2.27. The van der Waals surface area contributed by atoms with Gasteiger partial charge in [-0.2, -0.15) is 0 Å². The molecule has 0 spiro atoms. The highest BCUT2D eigenvalue weighted by Crippen LogP contribution is 2.43. The highest BCUT2D eigenvalue weighted by molar-refractivity contribution is 6.00. The van der Waals surface area contributed by atoms with Crippen LogP contribution < -0.4 is 5.32 Å². The number of hydrogen-bond donors (Lipinski definition) is 4. The topological polar surface area (TPSA) is 113 Å². The Morgan fingerprint density at radius 2 is 2.28 bits per heavy atom. The number of nitrogens with one attached hydrogen (secondary N) is 1. The minimum absolute atomic E-state index is 0.205. The van der Waals surface area contributed by atoms with Crippen molar-refractivity contribution in [3.63, 3.8) is 0 Å². The van der Waals surface area contributed by atoms with Crippen LogP contribution in [0.4, 0.5) is 5.82 Å². The summed E-state index contributed by atoms with van der Waals surface area (Å²) in [5.74, 6) is 0.439. The first-order valence-electron chi connectivity index (χ1n) is 8.43. The van der Waals surface area contributed by atoms with Crippen LogP contribution in [-0.4, -0.2) is 54.3 Å². The molecule has 4 atom stereocenters. The fraction of sp³-hybridized carbons (Fsp3) is 0.412. The molecule has 0 unspecified atom stereocenters. The van der Waals surface area contributed by atoms with Crippen molar-refractivity contribution in [2.75, 3.05) is 11.9 Å². The molecule has 0 aromatic carbocycles. The molecule has 2 aromatic rings. The smallest absolute Gasteiger partial charge is 0.167 e. The second kappa shape index (κ2) is 5.37. The summed E-state index contributed by atoms with van der Waals surface area (Å²) < 4.78 is 15.2. The molecule has 0 saturated carbocycles. The maximum atomic E-state index is 10.8. The van der Waals surface area contributed by atoms with E-state index in [2.05, 4.69) is 28.4 Å². The Morgan fingerprint density at radius 3 is 2.96 bits per heavy atom. The number of hydrogen-bond acceptors (Lipinski definition) is 7. The van der Waals surface area contributed by atoms with Crippen molar-refractivity contribution in [1.29, 1.82) is 0 Å². The zero-order chi connectivity index (χ0) is 18.8. The molecule has 1 saturated heterocycles. The number of aromatic nitrogens is 3. The summed E-state index contributed by atoms with van der Waals surface area (Å²) in [4.78, 5) is 8.33. The van der Waals surface area contributed by atoms with Gasteiger partial charge in [-0.1, -0.05) is 13.2 Å². The van der Waals surface area contributed by atoms with Gasteiger partial charge < -0.3 is 29.9 Å². The first-order valence-corrected chi connectivity index (χ1v) is 7.93. The molecule has 0 amide bonds. The number of aliphatic hydroxyl groups is 3. The molecule has 1 fully saturated rings. The number of allylic oxidation sites excluding steroid dienone is 1. The standard InChI is InChI=1S/C17H20N4O4/c1-8-4-9(2)20-14-12-10(8)5-21(15(12)19-7-18-14)16-17(3,24)13(23)11(6-22)25-16/h5,7,11,13,16,22-24H,1-2,4,6H2,3H3,(H,18,19,20)/t11-,13-,16-,17+/m1/s1/i7T. The van der Waals surface area contributed by atoms with Crippen molar-refractivity contribution in [3.8, 4) is 0 Å². The molecule has 2 aliphatic heterocycles. The first kappa shape index (κ1) is 15.0. The van der Waals surface area contributed by atoms with Crippen LogP contribution in [0.15, 0.2) is 31.4 Å². The molecule has 25 heavy (non-hydrogen) atoms. The van der Waals surface area contributed by atoms with Crippen LogP contribution in [0.5, 0.6) is 0 Å². The lowest BCUT2D eigenvalue weighted by molar-refractivity contribution is -0.0948. The Bertz CT molecular complexity index is 938. The second-order valence-electron chi connectivity index (χ2n) is 6.71. The Hall–Kier alpha value is -2.26. The van der Waals surface area contributed by atoms with E-state index in [0.29, 0.717) is 29.0 Å². The molecule has 4 heterocycles. The van der Waals surface area contributed by atoms with E-state index in [9.17, 15) is 15.3 Å². The van der Waals surface area contributed by atoms with E-state index < -0.39 is 30.6 Å². The van der Waals surface area contributed by atoms with Gasteiger partial charge in [0.25, 0.3) is 0 Å². The molecule has 132 valence electrons. The molecule has 2 aromatic heterocycles. The van der Waals surface area contributed by atoms with E-state index in [-0.39, 0.29) is 6.30 Å². The van der Waals surface area contributed by atoms with Crippen LogP contribution in [0.2, 0.25) is 0 Å². The predicted molar refractivity (Wildman–Crippen MR) is 91.6 cm³/mol. The maximum absolute atomic E-state index is 10.8. The summed E-state index contributed by atoms with van der Waals surface area (Å²) in [5, 5.41) is 34.2. The van der Waals surface area contributed by atoms with Crippen molar-refractivity contribution >= 4 is 22.4 Å². The normalized spacial score (nSPS) is 32.6. The monoisotopic (exact) mass is 346 g/mol. The molecule has 2 aliphatic rings. The molecule has 4 rings (SSSR count). The van der Waals surface area contributed by atoms with E-state index in [1.807, 2.05) is 0 Å². The Morgan fingerprint density at radius 1 is 1.52 bits per heavy atom. The van der Waals surface area contributed by atoms with Gasteiger partial charge in [-0.25, -0.2) is 9.97 Å². The van der Waals surface area contributed by atoms with Crippen molar-refractivity contribution < 1.29 is 21.4 Å². The minimum Gasteiger partial charge on any atom is -0.394 e. The lowest BCUT2D eigenvalue weighted by atomic mass is 9.96. The Balaban J connectivity index is 1.96. The van der Waals surface area contributed by atoms with Gasteiger partial charge in [0.1, 0.15) is 36.9 Å². The molecule has 4 N–H and O–H groups in total. The molecule has 0 aliphatic carbocycles. The van der Waals surface area contributed by atoms with Gasteiger partial charge in [-0.3, -0.25) is 0 Å². The summed E-state index contributed by atoms with van der Waals surface area (Å²) in [6.45, 7) is 9.02. The summed E-state index contributed by atoms with van der Waals surface area (Å²) >= 11 is 0. The third kappa shape index (κ3) is 2.22. The van der Waals surface area contributed by atoms with Crippen LogP contribution in [0.25, 0.3) is 16.6 Å². The predicted octanol–water partition coefficient (Wildman–Crippen LogP) is 0.775. The number of nitrogens with zero attached hydrogens (tertiary/aromatic N) is 3. The lowest BCUT2D eigenvalue weighted by Crippen LogP contribution is -2.44. The third-order valence-electron chi connectivity index (χ3n) is 4.85. The van der Waals surface area contributed by atoms with Crippen molar-refractivity contribution in [1.82, 2.24) is 14.5 Å². The van der Waals surface area contributed by atoms with Crippen molar-refractivity contribution in [3.05, 3.63) is 36.9 Å². The molecule has 8 heteroatoms. The van der Waals surface area contributed by atoms with Crippen LogP contribution in [0.1, 0.15) is 26.5 Å². The fourth-order valence-electron chi connectivity index (χ4n) is 3.53. The van der Waals surface area contributed by atoms with Gasteiger partial charge in [0, 0.05) is 23.9 Å². The largest absolute Gasteiger partial charge is 0.394 e. The van der Waals surface area contributed by atoms with E-state index in [4.69, 9.17) is 6.11 Å². The molecular formula is C17H20N4O4. The van der Waals surface area contributed by atoms with Gasteiger partial charge in [-0.05, 0) is 12.5 Å². The maximum Gasteiger partial charge on any atom is 0.167 e. The molecule has 0 bridgehead atoms. The van der Waals surface area contributed by atoms with Crippen LogP contribution in [0.3, 0.4) is 0 Å². The van der Waals surface area contributed by atoms with Gasteiger partial charge in [0.05, 0.1) is 12.0 Å². The van der Waals surface area contributed by atoms with E-state index in [1.165, 1.54) is 6.92 Å². The number of anilines is 1. The summed E-state index contributed by atoms with van der Waals surface area (Å²) in [6.07, 6.45) is -1.19.